The van der Waals surface area contributed by atoms with E-state index in [0.717, 1.165) is 12.1 Å². The van der Waals surface area contributed by atoms with Gasteiger partial charge in [0, 0.05) is 25.8 Å². The number of tetrazole rings is 1. The molecule has 2 atom stereocenters. The Labute approximate surface area is 145 Å². The van der Waals surface area contributed by atoms with Crippen molar-refractivity contribution in [3.63, 3.8) is 0 Å². The molecule has 1 saturated heterocycles. The molecule has 9 nitrogen and oxygen atoms in total. The van der Waals surface area contributed by atoms with Crippen LogP contribution in [0.1, 0.15) is 25.0 Å². The Balaban J connectivity index is 1.42. The standard InChI is InChI=1S/C16H22N6O3/c23-16(5-3-8-22-12-18-20-21-22)19-14-6-9-24-11-15(14)25-10-13-4-1-2-7-17-13/h1-2,4,7,12,14-15H,3,5-6,8-11H2,(H,19,23)/t14-,15-/m1/s1. The molecule has 9 heteroatoms. The quantitative estimate of drug-likeness (QED) is 0.735. The van der Waals surface area contributed by atoms with Crippen LogP contribution < -0.4 is 5.32 Å². The third-order valence-electron chi connectivity index (χ3n) is 4.00. The Bertz CT molecular complexity index is 637. The number of amides is 1. The second-order valence-electron chi connectivity index (χ2n) is 5.88. The Morgan fingerprint density at radius 3 is 3.20 bits per heavy atom. The minimum atomic E-state index is -0.167. The third kappa shape index (κ3) is 5.57. The zero-order chi connectivity index (χ0) is 17.3. The summed E-state index contributed by atoms with van der Waals surface area (Å²) in [5.41, 5.74) is 0.861. The number of pyridine rings is 1. The SMILES string of the molecule is O=C(CCCn1cnnn1)N[C@@H]1CCOC[C@H]1OCc1ccccn1. The maximum atomic E-state index is 12.2. The molecule has 0 aliphatic carbocycles. The van der Waals surface area contributed by atoms with E-state index in [0.29, 0.717) is 39.2 Å². The van der Waals surface area contributed by atoms with Gasteiger partial charge in [-0.2, -0.15) is 0 Å². The molecule has 0 spiro atoms. The fourth-order valence-corrected chi connectivity index (χ4v) is 2.68. The highest BCUT2D eigenvalue weighted by Gasteiger charge is 2.27. The molecule has 1 aliphatic heterocycles. The van der Waals surface area contributed by atoms with E-state index in [4.69, 9.17) is 9.47 Å². The van der Waals surface area contributed by atoms with Gasteiger partial charge < -0.3 is 14.8 Å². The first kappa shape index (κ1) is 17.4. The van der Waals surface area contributed by atoms with Gasteiger partial charge in [0.15, 0.2) is 0 Å². The fraction of sp³-hybridized carbons (Fsp3) is 0.562. The van der Waals surface area contributed by atoms with E-state index in [9.17, 15) is 4.79 Å². The summed E-state index contributed by atoms with van der Waals surface area (Å²) in [6, 6.07) is 5.66. The van der Waals surface area contributed by atoms with Gasteiger partial charge in [-0.15, -0.1) is 5.10 Å². The Morgan fingerprint density at radius 1 is 1.44 bits per heavy atom. The lowest BCUT2D eigenvalue weighted by Crippen LogP contribution is -2.49. The minimum absolute atomic E-state index is 0.00594. The van der Waals surface area contributed by atoms with Gasteiger partial charge in [0.1, 0.15) is 12.4 Å². The Morgan fingerprint density at radius 2 is 2.40 bits per heavy atom. The van der Waals surface area contributed by atoms with Crippen LogP contribution in [0.5, 0.6) is 0 Å². The normalized spacial score (nSPS) is 20.3. The highest BCUT2D eigenvalue weighted by molar-refractivity contribution is 5.76. The Hall–Kier alpha value is -2.39. The van der Waals surface area contributed by atoms with Crippen molar-refractivity contribution in [2.45, 2.75) is 44.6 Å². The van der Waals surface area contributed by atoms with Crippen LogP contribution in [0.4, 0.5) is 0 Å². The van der Waals surface area contributed by atoms with Crippen LogP contribution in [0.3, 0.4) is 0 Å². The van der Waals surface area contributed by atoms with E-state index in [-0.39, 0.29) is 18.1 Å². The maximum Gasteiger partial charge on any atom is 0.220 e. The molecule has 1 N–H and O–H groups in total. The first-order valence-corrected chi connectivity index (χ1v) is 8.40. The van der Waals surface area contributed by atoms with Gasteiger partial charge in [-0.1, -0.05) is 6.07 Å². The molecule has 2 aromatic heterocycles. The van der Waals surface area contributed by atoms with Crippen molar-refractivity contribution in [1.29, 1.82) is 0 Å². The van der Waals surface area contributed by atoms with Crippen LogP contribution in [0.25, 0.3) is 0 Å². The minimum Gasteiger partial charge on any atom is -0.379 e. The number of nitrogens with zero attached hydrogens (tertiary/aromatic N) is 5. The van der Waals surface area contributed by atoms with Crippen molar-refractivity contribution < 1.29 is 14.3 Å². The molecule has 0 bridgehead atoms. The number of nitrogens with one attached hydrogen (secondary N) is 1. The summed E-state index contributed by atoms with van der Waals surface area (Å²) < 4.78 is 13.0. The molecule has 2 aromatic rings. The third-order valence-corrected chi connectivity index (χ3v) is 4.00. The second-order valence-corrected chi connectivity index (χ2v) is 5.88. The molecule has 1 fully saturated rings. The number of ether oxygens (including phenoxy) is 2. The van der Waals surface area contributed by atoms with Crippen molar-refractivity contribution in [3.05, 3.63) is 36.4 Å². The molecule has 0 aromatic carbocycles. The average Bonchev–Trinajstić information content (AvgIpc) is 3.15. The number of hydrogen-bond donors (Lipinski definition) is 1. The molecule has 25 heavy (non-hydrogen) atoms. The van der Waals surface area contributed by atoms with Crippen molar-refractivity contribution in [3.8, 4) is 0 Å². The largest absolute Gasteiger partial charge is 0.379 e. The molecule has 3 heterocycles. The monoisotopic (exact) mass is 346 g/mol. The number of hydrogen-bond acceptors (Lipinski definition) is 7. The topological polar surface area (TPSA) is 104 Å². The summed E-state index contributed by atoms with van der Waals surface area (Å²) in [7, 11) is 0. The summed E-state index contributed by atoms with van der Waals surface area (Å²) in [6.45, 7) is 2.12. The van der Waals surface area contributed by atoms with Gasteiger partial charge in [0.25, 0.3) is 0 Å². The lowest BCUT2D eigenvalue weighted by Gasteiger charge is -2.32. The molecule has 0 saturated carbocycles. The van der Waals surface area contributed by atoms with Gasteiger partial charge in [0.05, 0.1) is 24.9 Å². The fourth-order valence-electron chi connectivity index (χ4n) is 2.68. The van der Waals surface area contributed by atoms with Crippen molar-refractivity contribution in [2.24, 2.45) is 0 Å². The molecule has 0 radical (unpaired) electrons. The van der Waals surface area contributed by atoms with E-state index < -0.39 is 0 Å². The van der Waals surface area contributed by atoms with Crippen molar-refractivity contribution in [2.75, 3.05) is 13.2 Å². The first-order valence-electron chi connectivity index (χ1n) is 8.40. The van der Waals surface area contributed by atoms with Crippen LogP contribution >= 0.6 is 0 Å². The maximum absolute atomic E-state index is 12.2. The lowest BCUT2D eigenvalue weighted by atomic mass is 10.1. The van der Waals surface area contributed by atoms with E-state index in [1.807, 2.05) is 18.2 Å². The summed E-state index contributed by atoms with van der Waals surface area (Å²) in [5.74, 6) is 0.00594. The van der Waals surface area contributed by atoms with Gasteiger partial charge in [-0.05, 0) is 35.4 Å². The van der Waals surface area contributed by atoms with Crippen LogP contribution in [0.15, 0.2) is 30.7 Å². The van der Waals surface area contributed by atoms with Crippen molar-refractivity contribution in [1.82, 2.24) is 30.5 Å². The van der Waals surface area contributed by atoms with Gasteiger partial charge >= 0.3 is 0 Å². The number of carbonyl (C=O) groups is 1. The van der Waals surface area contributed by atoms with E-state index >= 15 is 0 Å². The number of aromatic nitrogens is 5. The van der Waals surface area contributed by atoms with Crippen LogP contribution in [0.2, 0.25) is 0 Å². The molecule has 3 rings (SSSR count). The lowest BCUT2D eigenvalue weighted by molar-refractivity contribution is -0.126. The molecule has 134 valence electrons. The van der Waals surface area contributed by atoms with Gasteiger partial charge in [-0.3, -0.25) is 9.78 Å². The molecule has 1 aliphatic rings. The summed E-state index contributed by atoms with van der Waals surface area (Å²) >= 11 is 0. The van der Waals surface area contributed by atoms with Crippen LogP contribution in [-0.2, 0) is 27.4 Å². The molecule has 0 unspecified atom stereocenters. The molecular weight excluding hydrogens is 324 g/mol. The summed E-state index contributed by atoms with van der Waals surface area (Å²) in [5, 5.41) is 14.0. The summed E-state index contributed by atoms with van der Waals surface area (Å²) in [4.78, 5) is 16.4. The predicted octanol–water partition coefficient (Wildman–Crippen LogP) is 0.339. The Kier molecular flexibility index (Phi) is 6.41. The zero-order valence-corrected chi connectivity index (χ0v) is 14.0. The van der Waals surface area contributed by atoms with Crippen LogP contribution in [-0.4, -0.2) is 56.5 Å². The van der Waals surface area contributed by atoms with Crippen molar-refractivity contribution >= 4 is 5.91 Å². The molecular formula is C16H22N6O3. The smallest absolute Gasteiger partial charge is 0.220 e. The van der Waals surface area contributed by atoms with E-state index in [1.165, 1.54) is 6.33 Å². The summed E-state index contributed by atoms with van der Waals surface area (Å²) in [6.07, 6.45) is 4.95. The van der Waals surface area contributed by atoms with Gasteiger partial charge in [0.2, 0.25) is 5.91 Å². The first-order chi connectivity index (χ1) is 12.3. The zero-order valence-electron chi connectivity index (χ0n) is 14.0. The second kappa shape index (κ2) is 9.19. The van der Waals surface area contributed by atoms with Crippen LogP contribution in [0, 0.1) is 0 Å². The number of aryl methyl sites for hydroxylation is 1. The van der Waals surface area contributed by atoms with Gasteiger partial charge in [-0.25, -0.2) is 4.68 Å². The number of carbonyl (C=O) groups excluding carboxylic acids is 1. The van der Waals surface area contributed by atoms with E-state index in [2.05, 4.69) is 25.8 Å². The average molecular weight is 346 g/mol. The van der Waals surface area contributed by atoms with E-state index in [1.54, 1.807) is 10.9 Å². The highest BCUT2D eigenvalue weighted by atomic mass is 16.5. The predicted molar refractivity (Wildman–Crippen MR) is 87.2 cm³/mol. The molecule has 1 amide bonds. The number of rotatable bonds is 8. The highest BCUT2D eigenvalue weighted by Crippen LogP contribution is 2.14.